The van der Waals surface area contributed by atoms with E-state index in [0.717, 1.165) is 12.2 Å². The number of hydrogen-bond donors (Lipinski definition) is 2. The highest BCUT2D eigenvalue weighted by Crippen LogP contribution is 2.17. The van der Waals surface area contributed by atoms with Crippen LogP contribution in [0.4, 0.5) is 0 Å². The number of H-pyrrole nitrogens is 1. The number of halogens is 2. The lowest BCUT2D eigenvalue weighted by atomic mass is 10.2. The summed E-state index contributed by atoms with van der Waals surface area (Å²) in [5, 5.41) is 9.76. The van der Waals surface area contributed by atoms with Crippen molar-refractivity contribution in [2.75, 3.05) is 6.54 Å². The van der Waals surface area contributed by atoms with Crippen molar-refractivity contribution in [3.8, 4) is 0 Å². The molecule has 2 N–H and O–H groups in total. The fourth-order valence-electron chi connectivity index (χ4n) is 1.49. The van der Waals surface area contributed by atoms with Gasteiger partial charge in [-0.25, -0.2) is 9.97 Å². The molecule has 0 aliphatic rings. The molecule has 6 nitrogen and oxygen atoms in total. The van der Waals surface area contributed by atoms with E-state index in [1.807, 2.05) is 0 Å². The van der Waals surface area contributed by atoms with Crippen LogP contribution in [0.25, 0.3) is 0 Å². The number of aromatic amines is 1. The van der Waals surface area contributed by atoms with Gasteiger partial charge in [-0.2, -0.15) is 5.10 Å². The van der Waals surface area contributed by atoms with Gasteiger partial charge in [-0.1, -0.05) is 23.2 Å². The molecule has 0 unspecified atom stereocenters. The predicted molar refractivity (Wildman–Crippen MR) is 71.3 cm³/mol. The quantitative estimate of drug-likeness (QED) is 0.652. The molecular formula is C11H11Cl2N5O. The third-order valence-corrected chi connectivity index (χ3v) is 2.92. The molecule has 0 saturated carbocycles. The van der Waals surface area contributed by atoms with Crippen LogP contribution in [0.3, 0.4) is 0 Å². The number of amides is 1. The molecule has 2 aromatic rings. The van der Waals surface area contributed by atoms with Gasteiger partial charge < -0.3 is 5.32 Å². The molecule has 100 valence electrons. The third-order valence-electron chi connectivity index (χ3n) is 2.41. The summed E-state index contributed by atoms with van der Waals surface area (Å²) in [6.07, 6.45) is 4.27. The summed E-state index contributed by atoms with van der Waals surface area (Å²) in [5.74, 6) is 0.520. The molecule has 8 heteroatoms. The molecule has 0 bridgehead atoms. The van der Waals surface area contributed by atoms with Crippen molar-refractivity contribution in [2.45, 2.75) is 12.8 Å². The monoisotopic (exact) mass is 299 g/mol. The van der Waals surface area contributed by atoms with Gasteiger partial charge in [-0.3, -0.25) is 9.89 Å². The van der Waals surface area contributed by atoms with Crippen LogP contribution >= 0.6 is 23.2 Å². The van der Waals surface area contributed by atoms with Gasteiger partial charge in [0.25, 0.3) is 5.91 Å². The van der Waals surface area contributed by atoms with Crippen LogP contribution in [0, 0.1) is 0 Å². The number of aryl methyl sites for hydroxylation is 1. The Kier molecular flexibility index (Phi) is 4.70. The van der Waals surface area contributed by atoms with Crippen molar-refractivity contribution < 1.29 is 4.79 Å². The van der Waals surface area contributed by atoms with Crippen molar-refractivity contribution in [3.63, 3.8) is 0 Å². The van der Waals surface area contributed by atoms with Crippen LogP contribution in [0.1, 0.15) is 22.6 Å². The fraction of sp³-hybridized carbons (Fsp3) is 0.273. The summed E-state index contributed by atoms with van der Waals surface area (Å²) in [4.78, 5) is 19.6. The molecule has 2 heterocycles. The molecule has 19 heavy (non-hydrogen) atoms. The minimum atomic E-state index is -0.271. The normalized spacial score (nSPS) is 10.4. The molecular weight excluding hydrogens is 289 g/mol. The van der Waals surface area contributed by atoms with Crippen LogP contribution in [-0.4, -0.2) is 32.6 Å². The van der Waals surface area contributed by atoms with Gasteiger partial charge >= 0.3 is 0 Å². The number of nitrogens with one attached hydrogen (secondary N) is 2. The van der Waals surface area contributed by atoms with E-state index >= 15 is 0 Å². The molecule has 0 fully saturated rings. The zero-order valence-electron chi connectivity index (χ0n) is 9.86. The van der Waals surface area contributed by atoms with Crippen molar-refractivity contribution in [1.29, 1.82) is 0 Å². The topological polar surface area (TPSA) is 83.6 Å². The summed E-state index contributed by atoms with van der Waals surface area (Å²) in [6, 6.07) is 1.44. The molecule has 0 spiro atoms. The van der Waals surface area contributed by atoms with Crippen LogP contribution in [0.5, 0.6) is 0 Å². The van der Waals surface area contributed by atoms with Crippen molar-refractivity contribution in [1.82, 2.24) is 25.5 Å². The number of carbonyl (C=O) groups is 1. The molecule has 0 aromatic carbocycles. The summed E-state index contributed by atoms with van der Waals surface area (Å²) < 4.78 is 0. The van der Waals surface area contributed by atoms with Gasteiger partial charge in [-0.15, -0.1) is 0 Å². The largest absolute Gasteiger partial charge is 0.352 e. The Morgan fingerprint density at radius 1 is 1.37 bits per heavy atom. The highest BCUT2D eigenvalue weighted by molar-refractivity contribution is 6.35. The highest BCUT2D eigenvalue weighted by Gasteiger charge is 2.11. The van der Waals surface area contributed by atoms with Gasteiger partial charge in [0, 0.05) is 19.2 Å². The SMILES string of the molecule is O=C(NCCCc1ncn[nH]1)c1cc(Cl)ncc1Cl. The second-order valence-corrected chi connectivity index (χ2v) is 4.57. The Morgan fingerprint density at radius 3 is 2.95 bits per heavy atom. The summed E-state index contributed by atoms with van der Waals surface area (Å²) in [6.45, 7) is 0.510. The Balaban J connectivity index is 1.82. The first-order valence-corrected chi connectivity index (χ1v) is 6.36. The van der Waals surface area contributed by atoms with Gasteiger partial charge in [-0.05, 0) is 12.5 Å². The van der Waals surface area contributed by atoms with Gasteiger partial charge in [0.15, 0.2) is 0 Å². The second-order valence-electron chi connectivity index (χ2n) is 3.78. The molecule has 2 rings (SSSR count). The first-order valence-electron chi connectivity index (χ1n) is 5.60. The Labute approximate surface area is 119 Å². The zero-order chi connectivity index (χ0) is 13.7. The number of nitrogens with zero attached hydrogens (tertiary/aromatic N) is 3. The minimum Gasteiger partial charge on any atom is -0.352 e. The van der Waals surface area contributed by atoms with Gasteiger partial charge in [0.1, 0.15) is 17.3 Å². The molecule has 0 saturated heterocycles. The van der Waals surface area contributed by atoms with Gasteiger partial charge in [0.05, 0.1) is 10.6 Å². The molecule has 0 radical (unpaired) electrons. The van der Waals surface area contributed by atoms with E-state index in [4.69, 9.17) is 23.2 Å². The number of carbonyl (C=O) groups excluding carboxylic acids is 1. The average Bonchev–Trinajstić information content (AvgIpc) is 2.90. The number of hydrogen-bond acceptors (Lipinski definition) is 4. The van der Waals surface area contributed by atoms with Crippen LogP contribution in [0.15, 0.2) is 18.6 Å². The molecule has 1 amide bonds. The minimum absolute atomic E-state index is 0.233. The lowest BCUT2D eigenvalue weighted by Gasteiger charge is -2.06. The summed E-state index contributed by atoms with van der Waals surface area (Å²) >= 11 is 11.6. The lowest BCUT2D eigenvalue weighted by Crippen LogP contribution is -2.25. The van der Waals surface area contributed by atoms with Crippen molar-refractivity contribution in [2.24, 2.45) is 0 Å². The highest BCUT2D eigenvalue weighted by atomic mass is 35.5. The van der Waals surface area contributed by atoms with E-state index < -0.39 is 0 Å². The predicted octanol–water partition coefficient (Wildman–Crippen LogP) is 1.87. The molecule has 2 aromatic heterocycles. The summed E-state index contributed by atoms with van der Waals surface area (Å²) in [5.41, 5.74) is 0.321. The van der Waals surface area contributed by atoms with E-state index in [1.165, 1.54) is 18.6 Å². The first kappa shape index (κ1) is 13.8. The average molecular weight is 300 g/mol. The van der Waals surface area contributed by atoms with Crippen LogP contribution in [-0.2, 0) is 6.42 Å². The molecule has 0 aliphatic heterocycles. The third kappa shape index (κ3) is 3.90. The maximum atomic E-state index is 11.9. The number of pyridine rings is 1. The van der Waals surface area contributed by atoms with Crippen LogP contribution in [0.2, 0.25) is 10.2 Å². The zero-order valence-corrected chi connectivity index (χ0v) is 11.4. The number of aromatic nitrogens is 4. The van der Waals surface area contributed by atoms with E-state index in [-0.39, 0.29) is 16.1 Å². The maximum absolute atomic E-state index is 11.9. The second kappa shape index (κ2) is 6.49. The Bertz CT molecular complexity index is 558. The Hall–Kier alpha value is -1.66. The maximum Gasteiger partial charge on any atom is 0.252 e. The molecule has 0 aliphatic carbocycles. The number of rotatable bonds is 5. The van der Waals surface area contributed by atoms with Crippen molar-refractivity contribution >= 4 is 29.1 Å². The first-order chi connectivity index (χ1) is 9.16. The Morgan fingerprint density at radius 2 is 2.21 bits per heavy atom. The van der Waals surface area contributed by atoms with E-state index in [2.05, 4.69) is 25.5 Å². The van der Waals surface area contributed by atoms with Crippen LogP contribution < -0.4 is 5.32 Å². The van der Waals surface area contributed by atoms with E-state index in [0.29, 0.717) is 18.5 Å². The fourth-order valence-corrected chi connectivity index (χ4v) is 1.84. The standard InChI is InChI=1S/C11H11Cl2N5O/c12-8-5-15-9(13)4-7(8)11(19)14-3-1-2-10-16-6-17-18-10/h4-6H,1-3H2,(H,14,19)(H,16,17,18). The lowest BCUT2D eigenvalue weighted by molar-refractivity contribution is 0.0953. The smallest absolute Gasteiger partial charge is 0.252 e. The van der Waals surface area contributed by atoms with E-state index in [9.17, 15) is 4.79 Å². The van der Waals surface area contributed by atoms with Gasteiger partial charge in [0.2, 0.25) is 0 Å². The van der Waals surface area contributed by atoms with E-state index in [1.54, 1.807) is 0 Å². The molecule has 0 atom stereocenters. The van der Waals surface area contributed by atoms with Crippen molar-refractivity contribution in [3.05, 3.63) is 40.2 Å². The summed E-state index contributed by atoms with van der Waals surface area (Å²) in [7, 11) is 0.